The molecule has 1 saturated heterocycles. The van der Waals surface area contributed by atoms with Crippen molar-refractivity contribution in [3.63, 3.8) is 0 Å². The fourth-order valence-electron chi connectivity index (χ4n) is 2.69. The van der Waals surface area contributed by atoms with Crippen LogP contribution in [0.4, 0.5) is 0 Å². The van der Waals surface area contributed by atoms with Gasteiger partial charge >= 0.3 is 0 Å². The van der Waals surface area contributed by atoms with Gasteiger partial charge in [-0.3, -0.25) is 4.79 Å². The average Bonchev–Trinajstić information content (AvgIpc) is 2.34. The molecule has 1 atom stereocenters. The maximum absolute atomic E-state index is 12.1. The molecule has 4 heteroatoms. The lowest BCUT2D eigenvalue weighted by Crippen LogP contribution is -2.49. The highest BCUT2D eigenvalue weighted by atomic mass is 16.5. The maximum atomic E-state index is 12.1. The number of ether oxygens (including phenoxy) is 1. The van der Waals surface area contributed by atoms with E-state index in [9.17, 15) is 4.79 Å². The summed E-state index contributed by atoms with van der Waals surface area (Å²) in [4.78, 5) is 12.1. The van der Waals surface area contributed by atoms with Crippen molar-refractivity contribution in [3.8, 4) is 0 Å². The van der Waals surface area contributed by atoms with E-state index in [1.54, 1.807) is 0 Å². The van der Waals surface area contributed by atoms with Gasteiger partial charge in [0.25, 0.3) is 0 Å². The largest absolute Gasteiger partial charge is 0.381 e. The molecule has 0 saturated carbocycles. The lowest BCUT2D eigenvalue weighted by molar-refractivity contribution is -0.124. The first-order valence-corrected chi connectivity index (χ1v) is 7.55. The van der Waals surface area contributed by atoms with Crippen molar-refractivity contribution < 1.29 is 9.53 Å². The molecule has 1 aliphatic heterocycles. The second kappa shape index (κ2) is 7.85. The van der Waals surface area contributed by atoms with Gasteiger partial charge in [-0.2, -0.15) is 0 Å². The second-order valence-corrected chi connectivity index (χ2v) is 6.34. The van der Waals surface area contributed by atoms with Crippen LogP contribution in [0.3, 0.4) is 0 Å². The van der Waals surface area contributed by atoms with E-state index < -0.39 is 0 Å². The number of rotatable bonds is 7. The van der Waals surface area contributed by atoms with E-state index in [2.05, 4.69) is 26.1 Å². The van der Waals surface area contributed by atoms with E-state index in [1.165, 1.54) is 0 Å². The smallest absolute Gasteiger partial charge is 0.220 e. The second-order valence-electron chi connectivity index (χ2n) is 6.34. The summed E-state index contributed by atoms with van der Waals surface area (Å²) in [5.41, 5.74) is 5.56. The van der Waals surface area contributed by atoms with Crippen LogP contribution in [0.15, 0.2) is 0 Å². The van der Waals surface area contributed by atoms with Crippen molar-refractivity contribution in [2.45, 2.75) is 58.4 Å². The van der Waals surface area contributed by atoms with Crippen LogP contribution in [-0.4, -0.2) is 31.2 Å². The van der Waals surface area contributed by atoms with Crippen LogP contribution in [0, 0.1) is 11.8 Å². The molecule has 1 unspecified atom stereocenters. The maximum Gasteiger partial charge on any atom is 0.220 e. The lowest BCUT2D eigenvalue weighted by Gasteiger charge is -2.34. The van der Waals surface area contributed by atoms with Crippen LogP contribution in [-0.2, 0) is 9.53 Å². The summed E-state index contributed by atoms with van der Waals surface area (Å²) < 4.78 is 5.34. The quantitative estimate of drug-likeness (QED) is 0.744. The summed E-state index contributed by atoms with van der Waals surface area (Å²) in [7, 11) is 0. The Morgan fingerprint density at radius 3 is 2.47 bits per heavy atom. The molecule has 19 heavy (non-hydrogen) atoms. The zero-order valence-electron chi connectivity index (χ0n) is 12.7. The van der Waals surface area contributed by atoms with E-state index in [1.807, 2.05) is 0 Å². The first kappa shape index (κ1) is 16.4. The molecule has 0 aromatic rings. The molecule has 0 aliphatic carbocycles. The molecule has 1 rings (SSSR count). The first-order valence-electron chi connectivity index (χ1n) is 7.55. The van der Waals surface area contributed by atoms with E-state index in [4.69, 9.17) is 10.5 Å². The molecule has 0 spiro atoms. The van der Waals surface area contributed by atoms with Gasteiger partial charge in [0.05, 0.1) is 0 Å². The monoisotopic (exact) mass is 270 g/mol. The van der Waals surface area contributed by atoms with Gasteiger partial charge in [0.15, 0.2) is 0 Å². The molecule has 112 valence electrons. The zero-order valence-corrected chi connectivity index (χ0v) is 12.7. The fourth-order valence-corrected chi connectivity index (χ4v) is 2.69. The van der Waals surface area contributed by atoms with Crippen LogP contribution in [0.5, 0.6) is 0 Å². The predicted molar refractivity (Wildman–Crippen MR) is 77.8 cm³/mol. The summed E-state index contributed by atoms with van der Waals surface area (Å²) in [5.74, 6) is 1.32. The number of nitrogens with two attached hydrogens (primary N) is 1. The lowest BCUT2D eigenvalue weighted by atomic mass is 9.87. The van der Waals surface area contributed by atoms with Crippen LogP contribution < -0.4 is 11.1 Å². The molecule has 0 aromatic carbocycles. The third-order valence-corrected chi connectivity index (χ3v) is 4.26. The van der Waals surface area contributed by atoms with Gasteiger partial charge in [-0.1, -0.05) is 13.8 Å². The van der Waals surface area contributed by atoms with Crippen LogP contribution in [0.25, 0.3) is 0 Å². The standard InChI is InChI=1S/C15H30N2O2/c1-12(2)13(6-9-16)4-5-14(18)17-15(3)7-10-19-11-8-15/h12-13H,4-11,16H2,1-3H3,(H,17,18). The molecule has 1 aliphatic rings. The van der Waals surface area contributed by atoms with Gasteiger partial charge in [-0.05, 0) is 51.0 Å². The third-order valence-electron chi connectivity index (χ3n) is 4.26. The Hall–Kier alpha value is -0.610. The normalized spacial score (nSPS) is 20.3. The van der Waals surface area contributed by atoms with Crippen molar-refractivity contribution in [3.05, 3.63) is 0 Å². The Balaban J connectivity index is 2.33. The molecule has 0 radical (unpaired) electrons. The van der Waals surface area contributed by atoms with E-state index in [-0.39, 0.29) is 11.4 Å². The topological polar surface area (TPSA) is 64.4 Å². The summed E-state index contributed by atoms with van der Waals surface area (Å²) in [5, 5.41) is 3.18. The highest BCUT2D eigenvalue weighted by molar-refractivity contribution is 5.76. The molecule has 0 bridgehead atoms. The van der Waals surface area contributed by atoms with Crippen LogP contribution >= 0.6 is 0 Å². The average molecular weight is 270 g/mol. The predicted octanol–water partition coefficient (Wildman–Crippen LogP) is 2.07. The molecule has 1 heterocycles. The van der Waals surface area contributed by atoms with Crippen molar-refractivity contribution in [1.82, 2.24) is 5.32 Å². The minimum Gasteiger partial charge on any atom is -0.381 e. The Morgan fingerprint density at radius 1 is 1.32 bits per heavy atom. The Labute approximate surface area is 117 Å². The molecular formula is C15H30N2O2. The minimum absolute atomic E-state index is 0.0729. The van der Waals surface area contributed by atoms with Gasteiger partial charge in [0.1, 0.15) is 0 Å². The molecule has 0 aromatic heterocycles. The summed E-state index contributed by atoms with van der Waals surface area (Å²) >= 11 is 0. The zero-order chi connectivity index (χ0) is 14.3. The molecular weight excluding hydrogens is 240 g/mol. The van der Waals surface area contributed by atoms with Crippen molar-refractivity contribution >= 4 is 5.91 Å². The number of nitrogens with one attached hydrogen (secondary N) is 1. The SMILES string of the molecule is CC(C)C(CCN)CCC(=O)NC1(C)CCOCC1. The third kappa shape index (κ3) is 5.91. The van der Waals surface area contributed by atoms with Crippen LogP contribution in [0.2, 0.25) is 0 Å². The van der Waals surface area contributed by atoms with E-state index >= 15 is 0 Å². The number of carbonyl (C=O) groups excluding carboxylic acids is 1. The van der Waals surface area contributed by atoms with Gasteiger partial charge in [0.2, 0.25) is 5.91 Å². The molecule has 3 N–H and O–H groups in total. The van der Waals surface area contributed by atoms with Gasteiger partial charge < -0.3 is 15.8 Å². The van der Waals surface area contributed by atoms with E-state index in [0.29, 0.717) is 24.8 Å². The fraction of sp³-hybridized carbons (Fsp3) is 0.933. The van der Waals surface area contributed by atoms with Gasteiger partial charge in [-0.15, -0.1) is 0 Å². The Morgan fingerprint density at radius 2 is 1.95 bits per heavy atom. The summed E-state index contributed by atoms with van der Waals surface area (Å²) in [6.45, 7) is 8.74. The van der Waals surface area contributed by atoms with E-state index in [0.717, 1.165) is 38.9 Å². The minimum atomic E-state index is -0.0729. The highest BCUT2D eigenvalue weighted by Crippen LogP contribution is 2.22. The summed E-state index contributed by atoms with van der Waals surface area (Å²) in [6, 6.07) is 0. The van der Waals surface area contributed by atoms with Gasteiger partial charge in [-0.25, -0.2) is 0 Å². The van der Waals surface area contributed by atoms with Crippen LogP contribution in [0.1, 0.15) is 52.9 Å². The molecule has 1 amide bonds. The van der Waals surface area contributed by atoms with Crippen molar-refractivity contribution in [2.75, 3.05) is 19.8 Å². The summed E-state index contributed by atoms with van der Waals surface area (Å²) in [6.07, 6.45) is 4.38. The van der Waals surface area contributed by atoms with Crippen molar-refractivity contribution in [1.29, 1.82) is 0 Å². The molecule has 1 fully saturated rings. The number of hydrogen-bond donors (Lipinski definition) is 2. The first-order chi connectivity index (χ1) is 8.97. The van der Waals surface area contributed by atoms with Crippen molar-refractivity contribution in [2.24, 2.45) is 17.6 Å². The number of hydrogen-bond acceptors (Lipinski definition) is 3. The molecule has 4 nitrogen and oxygen atoms in total. The number of carbonyl (C=O) groups is 1. The Kier molecular flexibility index (Phi) is 6.80. The highest BCUT2D eigenvalue weighted by Gasteiger charge is 2.28. The Bertz CT molecular complexity index is 273. The number of amides is 1. The van der Waals surface area contributed by atoms with Gasteiger partial charge in [0, 0.05) is 25.2 Å².